The highest BCUT2D eigenvalue weighted by atomic mass is 16.5. The highest BCUT2D eigenvalue weighted by Gasteiger charge is 2.57. The quantitative estimate of drug-likeness (QED) is 0.778. The number of nitrogens with zero attached hydrogens (tertiary/aromatic N) is 2. The maximum Gasteiger partial charge on any atom is 0.358 e. The van der Waals surface area contributed by atoms with E-state index < -0.39 is 0 Å². The molecular weight excluding hydrogens is 252 g/mol. The van der Waals surface area contributed by atoms with Crippen molar-refractivity contribution in [2.45, 2.75) is 46.6 Å². The third kappa shape index (κ3) is 2.02. The summed E-state index contributed by atoms with van der Waals surface area (Å²) in [6, 6.07) is 0. The minimum Gasteiger partial charge on any atom is -0.457 e. The number of carbonyl (C=O) groups excluding carboxylic acids is 1. The number of fused-ring (bicyclic) bond motifs is 2. The number of hydrogen-bond acceptors (Lipinski definition) is 4. The summed E-state index contributed by atoms with van der Waals surface area (Å²) in [5.74, 6) is 1.44. The summed E-state index contributed by atoms with van der Waals surface area (Å²) < 4.78 is 5.68. The highest BCUT2D eigenvalue weighted by Crippen LogP contribution is 2.61. The lowest BCUT2D eigenvalue weighted by molar-refractivity contribution is -0.156. The van der Waals surface area contributed by atoms with Crippen LogP contribution in [0.3, 0.4) is 0 Å². The minimum atomic E-state index is -0.339. The summed E-state index contributed by atoms with van der Waals surface area (Å²) in [5, 5.41) is 0. The van der Waals surface area contributed by atoms with E-state index in [0.717, 1.165) is 12.1 Å². The van der Waals surface area contributed by atoms with Gasteiger partial charge in [-0.2, -0.15) is 0 Å². The van der Waals surface area contributed by atoms with Gasteiger partial charge < -0.3 is 4.74 Å². The summed E-state index contributed by atoms with van der Waals surface area (Å²) >= 11 is 0. The summed E-state index contributed by atoms with van der Waals surface area (Å²) in [6.45, 7) is 8.74. The van der Waals surface area contributed by atoms with Gasteiger partial charge in [-0.05, 0) is 42.9 Å². The Bertz CT molecular complexity index is 524. The summed E-state index contributed by atoms with van der Waals surface area (Å²) in [5.41, 5.74) is 1.52. The van der Waals surface area contributed by atoms with E-state index in [0.29, 0.717) is 28.9 Å². The predicted molar refractivity (Wildman–Crippen MR) is 75.1 cm³/mol. The van der Waals surface area contributed by atoms with Crippen molar-refractivity contribution in [2.75, 3.05) is 0 Å². The van der Waals surface area contributed by atoms with Crippen molar-refractivity contribution in [3.8, 4) is 0 Å². The first-order chi connectivity index (χ1) is 9.39. The van der Waals surface area contributed by atoms with Crippen LogP contribution in [0, 0.1) is 30.1 Å². The molecule has 1 heterocycles. The van der Waals surface area contributed by atoms with E-state index >= 15 is 0 Å². The normalized spacial score (nSPS) is 34.2. The molecule has 3 aliphatic rings. The minimum absolute atomic E-state index is 0.0300. The van der Waals surface area contributed by atoms with Crippen LogP contribution in [0.25, 0.3) is 0 Å². The number of carbonyl (C=O) groups is 1. The summed E-state index contributed by atoms with van der Waals surface area (Å²) in [6.07, 6.45) is 5.39. The van der Waals surface area contributed by atoms with Crippen LogP contribution in [0.2, 0.25) is 0 Å². The molecule has 2 bridgehead atoms. The molecule has 4 heteroatoms. The lowest BCUT2D eigenvalue weighted by Crippen LogP contribution is -2.57. The van der Waals surface area contributed by atoms with Gasteiger partial charge in [0.1, 0.15) is 6.10 Å². The monoisotopic (exact) mass is 274 g/mol. The van der Waals surface area contributed by atoms with Gasteiger partial charge in [-0.15, -0.1) is 0 Å². The molecule has 0 unspecified atom stereocenters. The molecule has 4 nitrogen and oxygen atoms in total. The van der Waals surface area contributed by atoms with Gasteiger partial charge in [0.2, 0.25) is 0 Å². The fourth-order valence-electron chi connectivity index (χ4n) is 3.95. The van der Waals surface area contributed by atoms with Gasteiger partial charge in [0.05, 0.1) is 11.9 Å². The van der Waals surface area contributed by atoms with Crippen LogP contribution in [0.5, 0.6) is 0 Å². The van der Waals surface area contributed by atoms with Crippen LogP contribution in [0.4, 0.5) is 0 Å². The molecule has 0 aliphatic heterocycles. The molecule has 108 valence electrons. The van der Waals surface area contributed by atoms with Gasteiger partial charge in [-0.3, -0.25) is 4.98 Å². The molecular formula is C16H22N2O2. The van der Waals surface area contributed by atoms with Gasteiger partial charge in [0.15, 0.2) is 5.69 Å². The number of aryl methyl sites for hydroxylation is 1. The Labute approximate surface area is 120 Å². The SMILES string of the molecule is Cc1cnc(C(=O)O[C@@H]2C[C@H]3C[C@@H]([C@@H]2C)C3(C)C)cn1. The zero-order valence-electron chi connectivity index (χ0n) is 12.6. The van der Waals surface area contributed by atoms with Crippen LogP contribution in [0.15, 0.2) is 12.4 Å². The maximum atomic E-state index is 12.1. The molecule has 0 spiro atoms. The topological polar surface area (TPSA) is 52.1 Å². The number of esters is 1. The second kappa shape index (κ2) is 4.54. The van der Waals surface area contributed by atoms with E-state index in [4.69, 9.17) is 4.74 Å². The number of rotatable bonds is 2. The third-order valence-corrected chi connectivity index (χ3v) is 5.53. The van der Waals surface area contributed by atoms with E-state index in [9.17, 15) is 4.79 Å². The van der Waals surface area contributed by atoms with Crippen LogP contribution in [0.1, 0.15) is 49.8 Å². The maximum absolute atomic E-state index is 12.1. The van der Waals surface area contributed by atoms with Crippen molar-refractivity contribution < 1.29 is 9.53 Å². The number of ether oxygens (including phenoxy) is 1. The van der Waals surface area contributed by atoms with E-state index in [1.165, 1.54) is 12.6 Å². The molecule has 0 radical (unpaired) electrons. The van der Waals surface area contributed by atoms with Crippen molar-refractivity contribution in [3.63, 3.8) is 0 Å². The molecule has 0 amide bonds. The van der Waals surface area contributed by atoms with Crippen LogP contribution in [-0.2, 0) is 4.74 Å². The summed E-state index contributed by atoms with van der Waals surface area (Å²) in [7, 11) is 0. The van der Waals surface area contributed by atoms with Crippen LogP contribution >= 0.6 is 0 Å². The van der Waals surface area contributed by atoms with Crippen molar-refractivity contribution in [1.29, 1.82) is 0 Å². The first kappa shape index (κ1) is 13.5. The van der Waals surface area contributed by atoms with Gasteiger partial charge in [-0.25, -0.2) is 9.78 Å². The van der Waals surface area contributed by atoms with Crippen LogP contribution in [-0.4, -0.2) is 22.0 Å². The number of aromatic nitrogens is 2. The standard InChI is InChI=1S/C16H22N2O2/c1-9-7-18-13(8-17-9)15(19)20-14-6-11-5-12(10(14)2)16(11,3)4/h7-8,10-12,14H,5-6H2,1-4H3/t10-,11+,12-,14+/m0/s1. The molecule has 3 saturated carbocycles. The molecule has 0 N–H and O–H groups in total. The van der Waals surface area contributed by atoms with E-state index in [-0.39, 0.29) is 12.1 Å². The lowest BCUT2D eigenvalue weighted by Gasteiger charge is -2.61. The van der Waals surface area contributed by atoms with Gasteiger partial charge in [0, 0.05) is 6.20 Å². The second-order valence-electron chi connectivity index (χ2n) is 6.94. The van der Waals surface area contributed by atoms with E-state index in [1.807, 2.05) is 6.92 Å². The molecule has 3 aliphatic carbocycles. The molecule has 0 saturated heterocycles. The van der Waals surface area contributed by atoms with Gasteiger partial charge >= 0.3 is 5.97 Å². The Balaban J connectivity index is 1.67. The third-order valence-electron chi connectivity index (χ3n) is 5.53. The molecule has 1 aromatic rings. The van der Waals surface area contributed by atoms with Crippen molar-refractivity contribution in [1.82, 2.24) is 9.97 Å². The average molecular weight is 274 g/mol. The zero-order valence-corrected chi connectivity index (χ0v) is 12.6. The van der Waals surface area contributed by atoms with E-state index in [1.54, 1.807) is 6.20 Å². The van der Waals surface area contributed by atoms with Crippen molar-refractivity contribution >= 4 is 5.97 Å². The first-order valence-electron chi connectivity index (χ1n) is 7.39. The Morgan fingerprint density at radius 2 is 2.05 bits per heavy atom. The van der Waals surface area contributed by atoms with Gasteiger partial charge in [-0.1, -0.05) is 20.8 Å². The largest absolute Gasteiger partial charge is 0.457 e. The summed E-state index contributed by atoms with van der Waals surface area (Å²) in [4.78, 5) is 20.3. The molecule has 20 heavy (non-hydrogen) atoms. The molecule has 4 rings (SSSR count). The van der Waals surface area contributed by atoms with E-state index in [2.05, 4.69) is 30.7 Å². The Hall–Kier alpha value is -1.45. The highest BCUT2D eigenvalue weighted by molar-refractivity contribution is 5.86. The zero-order chi connectivity index (χ0) is 14.5. The molecule has 4 atom stereocenters. The first-order valence-corrected chi connectivity index (χ1v) is 7.39. The Morgan fingerprint density at radius 1 is 1.30 bits per heavy atom. The van der Waals surface area contributed by atoms with Gasteiger partial charge in [0.25, 0.3) is 0 Å². The fraction of sp³-hybridized carbons (Fsp3) is 0.688. The van der Waals surface area contributed by atoms with Crippen LogP contribution < -0.4 is 0 Å². The van der Waals surface area contributed by atoms with Crippen molar-refractivity contribution in [3.05, 3.63) is 23.8 Å². The molecule has 0 aromatic carbocycles. The lowest BCUT2D eigenvalue weighted by atomic mass is 9.45. The Kier molecular flexibility index (Phi) is 3.07. The molecule has 3 fully saturated rings. The van der Waals surface area contributed by atoms with Crippen molar-refractivity contribution in [2.24, 2.45) is 23.2 Å². The second-order valence-corrected chi connectivity index (χ2v) is 6.94. The Morgan fingerprint density at radius 3 is 2.60 bits per heavy atom. The number of hydrogen-bond donors (Lipinski definition) is 0. The fourth-order valence-corrected chi connectivity index (χ4v) is 3.95. The average Bonchev–Trinajstić information content (AvgIpc) is 2.41. The predicted octanol–water partition coefficient (Wildman–Crippen LogP) is 3.01. The molecule has 1 aromatic heterocycles. The smallest absolute Gasteiger partial charge is 0.358 e.